The Hall–Kier alpha value is -0.770. The third-order valence-electron chi connectivity index (χ3n) is 3.59. The summed E-state index contributed by atoms with van der Waals surface area (Å²) in [6.45, 7) is 2.74. The van der Waals surface area contributed by atoms with E-state index in [2.05, 4.69) is 10.2 Å². The molecule has 0 radical (unpaired) electrons. The number of rotatable bonds is 3. The monoisotopic (exact) mass is 300 g/mol. The van der Waals surface area contributed by atoms with Crippen LogP contribution < -0.4 is 5.32 Å². The van der Waals surface area contributed by atoms with Gasteiger partial charge in [-0.15, -0.1) is 0 Å². The van der Waals surface area contributed by atoms with Crippen LogP contribution in [0.15, 0.2) is 18.2 Å². The minimum atomic E-state index is 0.161. The maximum atomic E-state index is 11.6. The van der Waals surface area contributed by atoms with Gasteiger partial charge < -0.3 is 5.32 Å². The zero-order valence-corrected chi connectivity index (χ0v) is 12.5. The van der Waals surface area contributed by atoms with Gasteiger partial charge in [0.2, 0.25) is 5.91 Å². The van der Waals surface area contributed by atoms with E-state index in [1.165, 1.54) is 0 Å². The number of amides is 1. The van der Waals surface area contributed by atoms with Crippen LogP contribution in [0.25, 0.3) is 0 Å². The predicted molar refractivity (Wildman–Crippen MR) is 78.5 cm³/mol. The van der Waals surface area contributed by atoms with Crippen LogP contribution in [0.3, 0.4) is 0 Å². The fourth-order valence-corrected chi connectivity index (χ4v) is 2.77. The molecule has 0 unspecified atom stereocenters. The zero-order valence-electron chi connectivity index (χ0n) is 11.0. The first-order valence-corrected chi connectivity index (χ1v) is 7.23. The summed E-state index contributed by atoms with van der Waals surface area (Å²) in [7, 11) is 1.70. The molecule has 1 aromatic carbocycles. The van der Waals surface area contributed by atoms with E-state index in [-0.39, 0.29) is 11.8 Å². The third-order valence-corrected chi connectivity index (χ3v) is 4.33. The van der Waals surface area contributed by atoms with Crippen molar-refractivity contribution in [1.82, 2.24) is 10.2 Å². The van der Waals surface area contributed by atoms with E-state index in [1.807, 2.05) is 18.2 Å². The zero-order chi connectivity index (χ0) is 13.8. The van der Waals surface area contributed by atoms with E-state index in [4.69, 9.17) is 23.2 Å². The van der Waals surface area contributed by atoms with Gasteiger partial charge in [0.05, 0.1) is 10.0 Å². The average Bonchev–Trinajstić information content (AvgIpc) is 2.43. The molecule has 1 saturated heterocycles. The minimum Gasteiger partial charge on any atom is -0.359 e. The highest BCUT2D eigenvalue weighted by molar-refractivity contribution is 6.42. The van der Waals surface area contributed by atoms with Crippen molar-refractivity contribution in [2.75, 3.05) is 20.1 Å². The van der Waals surface area contributed by atoms with Crippen LogP contribution in [0.1, 0.15) is 18.4 Å². The van der Waals surface area contributed by atoms with E-state index in [1.54, 1.807) is 7.05 Å². The van der Waals surface area contributed by atoms with E-state index >= 15 is 0 Å². The molecule has 1 aliphatic rings. The van der Waals surface area contributed by atoms with Crippen molar-refractivity contribution in [3.63, 3.8) is 0 Å². The average molecular weight is 301 g/mol. The number of carbonyl (C=O) groups excluding carboxylic acids is 1. The molecule has 5 heteroatoms. The number of hydrogen-bond acceptors (Lipinski definition) is 2. The van der Waals surface area contributed by atoms with E-state index in [0.717, 1.165) is 38.0 Å². The van der Waals surface area contributed by atoms with Crippen molar-refractivity contribution in [2.24, 2.45) is 5.92 Å². The third kappa shape index (κ3) is 3.85. The Morgan fingerprint density at radius 1 is 1.32 bits per heavy atom. The number of hydrogen-bond donors (Lipinski definition) is 1. The van der Waals surface area contributed by atoms with Gasteiger partial charge in [0, 0.05) is 19.5 Å². The number of nitrogens with zero attached hydrogens (tertiary/aromatic N) is 1. The van der Waals surface area contributed by atoms with Crippen LogP contribution in [0.5, 0.6) is 0 Å². The summed E-state index contributed by atoms with van der Waals surface area (Å²) in [5, 5.41) is 3.91. The summed E-state index contributed by atoms with van der Waals surface area (Å²) < 4.78 is 0. The van der Waals surface area contributed by atoms with Crippen LogP contribution in [0.4, 0.5) is 0 Å². The summed E-state index contributed by atoms with van der Waals surface area (Å²) in [6.07, 6.45) is 1.84. The van der Waals surface area contributed by atoms with Gasteiger partial charge in [-0.2, -0.15) is 0 Å². The second kappa shape index (κ2) is 6.60. The van der Waals surface area contributed by atoms with Crippen molar-refractivity contribution < 1.29 is 4.79 Å². The lowest BCUT2D eigenvalue weighted by atomic mass is 9.95. The van der Waals surface area contributed by atoms with Crippen LogP contribution in [-0.4, -0.2) is 30.9 Å². The number of nitrogens with one attached hydrogen (secondary N) is 1. The number of benzene rings is 1. The molecule has 0 aliphatic carbocycles. The summed E-state index contributed by atoms with van der Waals surface area (Å²) in [5.41, 5.74) is 1.16. The smallest absolute Gasteiger partial charge is 0.222 e. The Kier molecular flexibility index (Phi) is 5.08. The molecule has 0 bridgehead atoms. The molecule has 3 nitrogen and oxygen atoms in total. The maximum absolute atomic E-state index is 11.6. The number of halogens is 2. The molecule has 104 valence electrons. The highest BCUT2D eigenvalue weighted by atomic mass is 35.5. The molecule has 1 N–H and O–H groups in total. The summed E-state index contributed by atoms with van der Waals surface area (Å²) in [6, 6.07) is 5.74. The summed E-state index contributed by atoms with van der Waals surface area (Å²) in [4.78, 5) is 13.9. The molecule has 0 atom stereocenters. The largest absolute Gasteiger partial charge is 0.359 e. The van der Waals surface area contributed by atoms with Gasteiger partial charge in [-0.05, 0) is 43.6 Å². The summed E-state index contributed by atoms with van der Waals surface area (Å²) >= 11 is 11.9. The van der Waals surface area contributed by atoms with E-state index in [9.17, 15) is 4.79 Å². The van der Waals surface area contributed by atoms with E-state index < -0.39 is 0 Å². The van der Waals surface area contributed by atoms with Gasteiger partial charge in [-0.1, -0.05) is 29.3 Å². The first-order valence-electron chi connectivity index (χ1n) is 6.48. The van der Waals surface area contributed by atoms with Crippen LogP contribution in [0, 0.1) is 5.92 Å². The lowest BCUT2D eigenvalue weighted by molar-refractivity contribution is -0.125. The molecule has 0 aromatic heterocycles. The predicted octanol–water partition coefficient (Wildman–Crippen LogP) is 2.95. The first kappa shape index (κ1) is 14.6. The van der Waals surface area contributed by atoms with Crippen molar-refractivity contribution in [2.45, 2.75) is 19.4 Å². The van der Waals surface area contributed by atoms with Crippen LogP contribution >= 0.6 is 23.2 Å². The number of likely N-dealkylation sites (tertiary alicyclic amines) is 1. The molecule has 1 amide bonds. The molecular formula is C14H18Cl2N2O. The normalized spacial score (nSPS) is 17.4. The Morgan fingerprint density at radius 3 is 2.58 bits per heavy atom. The van der Waals surface area contributed by atoms with Crippen molar-refractivity contribution >= 4 is 29.1 Å². The molecule has 0 spiro atoms. The standard InChI is InChI=1S/C14H18Cl2N2O/c1-17-14(19)11-4-6-18(7-5-11)9-10-2-3-12(15)13(16)8-10/h2-3,8,11H,4-7,9H2,1H3,(H,17,19). The van der Waals surface area contributed by atoms with Gasteiger partial charge in [-0.25, -0.2) is 0 Å². The molecule has 19 heavy (non-hydrogen) atoms. The fourth-order valence-electron chi connectivity index (χ4n) is 2.45. The van der Waals surface area contributed by atoms with Gasteiger partial charge in [0.15, 0.2) is 0 Å². The van der Waals surface area contributed by atoms with Crippen molar-refractivity contribution in [3.05, 3.63) is 33.8 Å². The minimum absolute atomic E-state index is 0.161. The topological polar surface area (TPSA) is 32.3 Å². The van der Waals surface area contributed by atoms with Gasteiger partial charge >= 0.3 is 0 Å². The quantitative estimate of drug-likeness (QED) is 0.931. The highest BCUT2D eigenvalue weighted by Gasteiger charge is 2.24. The second-order valence-corrected chi connectivity index (χ2v) is 5.73. The van der Waals surface area contributed by atoms with Gasteiger partial charge in [-0.3, -0.25) is 9.69 Å². The lowest BCUT2D eigenvalue weighted by Crippen LogP contribution is -2.39. The van der Waals surface area contributed by atoms with Gasteiger partial charge in [0.25, 0.3) is 0 Å². The molecule has 1 fully saturated rings. The van der Waals surface area contributed by atoms with E-state index in [0.29, 0.717) is 10.0 Å². The Balaban J connectivity index is 1.88. The SMILES string of the molecule is CNC(=O)C1CCN(Cc2ccc(Cl)c(Cl)c2)CC1. The Morgan fingerprint density at radius 2 is 2.00 bits per heavy atom. The summed E-state index contributed by atoms with van der Waals surface area (Å²) in [5.74, 6) is 0.323. The first-order chi connectivity index (χ1) is 9.10. The van der Waals surface area contributed by atoms with Crippen LogP contribution in [0.2, 0.25) is 10.0 Å². The highest BCUT2D eigenvalue weighted by Crippen LogP contribution is 2.24. The molecule has 0 saturated carbocycles. The molecule has 2 rings (SSSR count). The van der Waals surface area contributed by atoms with Gasteiger partial charge in [0.1, 0.15) is 0 Å². The Bertz CT molecular complexity index is 457. The lowest BCUT2D eigenvalue weighted by Gasteiger charge is -2.31. The molecule has 1 aliphatic heterocycles. The number of piperidine rings is 1. The maximum Gasteiger partial charge on any atom is 0.222 e. The molecular weight excluding hydrogens is 283 g/mol. The molecule has 1 aromatic rings. The Labute approximate surface area is 123 Å². The molecule has 1 heterocycles. The second-order valence-electron chi connectivity index (χ2n) is 4.91. The van der Waals surface area contributed by atoms with Crippen molar-refractivity contribution in [3.8, 4) is 0 Å². The fraction of sp³-hybridized carbons (Fsp3) is 0.500. The number of carbonyl (C=O) groups is 1. The van der Waals surface area contributed by atoms with Crippen LogP contribution in [-0.2, 0) is 11.3 Å². The van der Waals surface area contributed by atoms with Crippen molar-refractivity contribution in [1.29, 1.82) is 0 Å².